The molecule has 102 valence electrons. The van der Waals surface area contributed by atoms with Crippen molar-refractivity contribution < 1.29 is 0 Å². The first-order chi connectivity index (χ1) is 9.58. The number of aromatic nitrogens is 4. The highest BCUT2D eigenvalue weighted by Crippen LogP contribution is 2.06. The minimum atomic E-state index is -0.322. The van der Waals surface area contributed by atoms with E-state index in [2.05, 4.69) is 5.10 Å². The van der Waals surface area contributed by atoms with E-state index in [0.717, 1.165) is 5.56 Å². The van der Waals surface area contributed by atoms with E-state index in [0.29, 0.717) is 10.9 Å². The molecule has 2 heterocycles. The van der Waals surface area contributed by atoms with Crippen molar-refractivity contribution in [2.24, 2.45) is 14.1 Å². The van der Waals surface area contributed by atoms with Crippen LogP contribution in [-0.2, 0) is 20.6 Å². The van der Waals surface area contributed by atoms with Gasteiger partial charge >= 0.3 is 5.69 Å². The molecule has 3 aromatic rings. The predicted octanol–water partition coefficient (Wildman–Crippen LogP) is 0.482. The fraction of sp³-hybridized carbons (Fsp3) is 0.214. The van der Waals surface area contributed by atoms with Gasteiger partial charge in [-0.3, -0.25) is 18.6 Å². The third kappa shape index (κ3) is 1.85. The van der Waals surface area contributed by atoms with E-state index < -0.39 is 0 Å². The van der Waals surface area contributed by atoms with Gasteiger partial charge in [0, 0.05) is 25.9 Å². The summed E-state index contributed by atoms with van der Waals surface area (Å²) in [7, 11) is 3.47. The number of para-hydroxylation sites is 1. The zero-order chi connectivity index (χ0) is 14.3. The molecule has 1 aromatic carbocycles. The highest BCUT2D eigenvalue weighted by atomic mass is 16.2. The van der Waals surface area contributed by atoms with E-state index in [-0.39, 0.29) is 17.8 Å². The van der Waals surface area contributed by atoms with E-state index in [1.165, 1.54) is 9.13 Å². The molecule has 3 rings (SSSR count). The van der Waals surface area contributed by atoms with E-state index in [1.807, 2.05) is 6.07 Å². The summed E-state index contributed by atoms with van der Waals surface area (Å²) in [6.45, 7) is 0.226. The lowest BCUT2D eigenvalue weighted by atomic mass is 10.2. The fourth-order valence-corrected chi connectivity index (χ4v) is 2.34. The Balaban J connectivity index is 2.26. The average molecular weight is 270 g/mol. The van der Waals surface area contributed by atoms with Crippen molar-refractivity contribution in [1.29, 1.82) is 0 Å². The molecule has 20 heavy (non-hydrogen) atoms. The third-order valence-electron chi connectivity index (χ3n) is 3.36. The van der Waals surface area contributed by atoms with Gasteiger partial charge in [-0.05, 0) is 12.1 Å². The van der Waals surface area contributed by atoms with Gasteiger partial charge in [0.1, 0.15) is 0 Å². The van der Waals surface area contributed by atoms with Gasteiger partial charge in [0.15, 0.2) is 0 Å². The number of benzene rings is 1. The lowest BCUT2D eigenvalue weighted by Crippen LogP contribution is -2.39. The second-order valence-electron chi connectivity index (χ2n) is 4.77. The lowest BCUT2D eigenvalue weighted by molar-refractivity contribution is 0.660. The largest absolute Gasteiger partial charge is 0.331 e. The van der Waals surface area contributed by atoms with Gasteiger partial charge < -0.3 is 0 Å². The standard InChI is InChI=1S/C14H14N4O2/c1-16-8-10(7-15-16)9-18-13(19)11-5-3-4-6-12(11)17(2)14(18)20/h3-8H,9H2,1-2H3. The first-order valence-electron chi connectivity index (χ1n) is 6.24. The number of rotatable bonds is 2. The summed E-state index contributed by atoms with van der Waals surface area (Å²) in [5.41, 5.74) is 0.872. The van der Waals surface area contributed by atoms with Crippen molar-refractivity contribution in [2.75, 3.05) is 0 Å². The minimum Gasteiger partial charge on any atom is -0.296 e. The van der Waals surface area contributed by atoms with Crippen LogP contribution in [0.3, 0.4) is 0 Å². The van der Waals surface area contributed by atoms with E-state index in [1.54, 1.807) is 49.4 Å². The maximum absolute atomic E-state index is 12.4. The predicted molar refractivity (Wildman–Crippen MR) is 75.8 cm³/mol. The number of fused-ring (bicyclic) bond motifs is 1. The minimum absolute atomic E-state index is 0.226. The molecule has 0 N–H and O–H groups in total. The molecule has 0 saturated carbocycles. The van der Waals surface area contributed by atoms with Crippen LogP contribution in [0.25, 0.3) is 10.9 Å². The first kappa shape index (κ1) is 12.4. The van der Waals surface area contributed by atoms with Crippen LogP contribution in [0.2, 0.25) is 0 Å². The van der Waals surface area contributed by atoms with Crippen molar-refractivity contribution in [3.8, 4) is 0 Å². The molecule has 0 spiro atoms. The Morgan fingerprint density at radius 1 is 1.15 bits per heavy atom. The lowest BCUT2D eigenvalue weighted by Gasteiger charge is -2.09. The number of nitrogens with zero attached hydrogens (tertiary/aromatic N) is 4. The highest BCUT2D eigenvalue weighted by Gasteiger charge is 2.11. The van der Waals surface area contributed by atoms with Crippen molar-refractivity contribution >= 4 is 10.9 Å². The molecule has 0 radical (unpaired) electrons. The average Bonchev–Trinajstić information content (AvgIpc) is 2.86. The summed E-state index contributed by atoms with van der Waals surface area (Å²) in [5, 5.41) is 4.59. The van der Waals surface area contributed by atoms with Crippen LogP contribution in [0.1, 0.15) is 5.56 Å². The summed E-state index contributed by atoms with van der Waals surface area (Å²) < 4.78 is 4.37. The molecule has 6 nitrogen and oxygen atoms in total. The van der Waals surface area contributed by atoms with Crippen molar-refractivity contribution in [3.63, 3.8) is 0 Å². The van der Waals surface area contributed by atoms with Crippen LogP contribution in [-0.4, -0.2) is 18.9 Å². The second kappa shape index (κ2) is 4.48. The van der Waals surface area contributed by atoms with Crippen LogP contribution in [0.5, 0.6) is 0 Å². The smallest absolute Gasteiger partial charge is 0.296 e. The molecular weight excluding hydrogens is 256 g/mol. The number of hydrogen-bond acceptors (Lipinski definition) is 3. The molecule has 0 amide bonds. The van der Waals surface area contributed by atoms with Gasteiger partial charge in [-0.2, -0.15) is 5.10 Å². The van der Waals surface area contributed by atoms with Gasteiger partial charge in [-0.25, -0.2) is 4.79 Å². The number of hydrogen-bond donors (Lipinski definition) is 0. The van der Waals surface area contributed by atoms with Gasteiger partial charge in [-0.15, -0.1) is 0 Å². The molecule has 0 saturated heterocycles. The maximum atomic E-state index is 12.4. The van der Waals surface area contributed by atoms with Crippen molar-refractivity contribution in [3.05, 3.63) is 63.1 Å². The summed E-state index contributed by atoms with van der Waals surface area (Å²) in [4.78, 5) is 24.7. The molecule has 0 atom stereocenters. The Kier molecular flexibility index (Phi) is 2.78. The molecule has 0 unspecified atom stereocenters. The zero-order valence-electron chi connectivity index (χ0n) is 11.3. The van der Waals surface area contributed by atoms with Crippen LogP contribution < -0.4 is 11.2 Å². The van der Waals surface area contributed by atoms with Crippen LogP contribution >= 0.6 is 0 Å². The fourth-order valence-electron chi connectivity index (χ4n) is 2.34. The number of aryl methyl sites for hydroxylation is 2. The van der Waals surface area contributed by atoms with Crippen molar-refractivity contribution in [2.45, 2.75) is 6.54 Å². The molecule has 0 aliphatic rings. The SMILES string of the molecule is Cn1cc(Cn2c(=O)c3ccccc3n(C)c2=O)cn1. The molecule has 2 aromatic heterocycles. The van der Waals surface area contributed by atoms with Crippen LogP contribution in [0.4, 0.5) is 0 Å². The Morgan fingerprint density at radius 2 is 1.90 bits per heavy atom. The highest BCUT2D eigenvalue weighted by molar-refractivity contribution is 5.77. The summed E-state index contributed by atoms with van der Waals surface area (Å²) in [6.07, 6.45) is 3.45. The Morgan fingerprint density at radius 3 is 2.60 bits per heavy atom. The molecule has 0 aliphatic heterocycles. The monoisotopic (exact) mass is 270 g/mol. The topological polar surface area (TPSA) is 61.8 Å². The Hall–Kier alpha value is -2.63. The van der Waals surface area contributed by atoms with Gasteiger partial charge in [0.2, 0.25) is 0 Å². The van der Waals surface area contributed by atoms with E-state index >= 15 is 0 Å². The van der Waals surface area contributed by atoms with E-state index in [9.17, 15) is 9.59 Å². The van der Waals surface area contributed by atoms with Gasteiger partial charge in [0.25, 0.3) is 5.56 Å². The maximum Gasteiger partial charge on any atom is 0.331 e. The molecule has 6 heteroatoms. The summed E-state index contributed by atoms with van der Waals surface area (Å²) >= 11 is 0. The Labute approximate surface area is 114 Å². The molecule has 0 bridgehead atoms. The van der Waals surface area contributed by atoms with Crippen molar-refractivity contribution in [1.82, 2.24) is 18.9 Å². The zero-order valence-corrected chi connectivity index (χ0v) is 11.3. The van der Waals surface area contributed by atoms with Gasteiger partial charge in [-0.1, -0.05) is 12.1 Å². The first-order valence-corrected chi connectivity index (χ1v) is 6.24. The third-order valence-corrected chi connectivity index (χ3v) is 3.36. The second-order valence-corrected chi connectivity index (χ2v) is 4.77. The van der Waals surface area contributed by atoms with Crippen LogP contribution in [0.15, 0.2) is 46.2 Å². The van der Waals surface area contributed by atoms with Gasteiger partial charge in [0.05, 0.1) is 23.6 Å². The summed E-state index contributed by atoms with van der Waals surface area (Å²) in [6, 6.07) is 7.11. The molecule has 0 aliphatic carbocycles. The van der Waals surface area contributed by atoms with Crippen LogP contribution in [0, 0.1) is 0 Å². The quantitative estimate of drug-likeness (QED) is 0.680. The van der Waals surface area contributed by atoms with E-state index in [4.69, 9.17) is 0 Å². The normalized spacial score (nSPS) is 11.1. The summed E-state index contributed by atoms with van der Waals surface area (Å²) in [5.74, 6) is 0. The Bertz CT molecular complexity index is 901. The molecular formula is C14H14N4O2. The molecule has 0 fully saturated rings.